The van der Waals surface area contributed by atoms with Crippen LogP contribution in [0.3, 0.4) is 0 Å². The van der Waals surface area contributed by atoms with Crippen LogP contribution in [0.25, 0.3) is 0 Å². The first kappa shape index (κ1) is 12.7. The van der Waals surface area contributed by atoms with E-state index in [4.69, 9.17) is 11.6 Å². The molecule has 0 unspecified atom stereocenters. The summed E-state index contributed by atoms with van der Waals surface area (Å²) >= 11 is 5.93. The van der Waals surface area contributed by atoms with Crippen LogP contribution in [0, 0.1) is 6.92 Å². The first-order valence-corrected chi connectivity index (χ1v) is 7.02. The van der Waals surface area contributed by atoms with Crippen LogP contribution in [-0.4, -0.2) is 11.0 Å². The summed E-state index contributed by atoms with van der Waals surface area (Å²) in [4.78, 5) is 4.19. The molecular formula is C14H21ClN2. The molecule has 2 nitrogen and oxygen atoms in total. The van der Waals surface area contributed by atoms with Crippen LogP contribution in [0.4, 0.5) is 5.69 Å². The van der Waals surface area contributed by atoms with Gasteiger partial charge in [-0.2, -0.15) is 0 Å². The molecule has 17 heavy (non-hydrogen) atoms. The quantitative estimate of drug-likeness (QED) is 0.780. The number of aryl methyl sites for hydroxylation is 1. The fourth-order valence-electron chi connectivity index (χ4n) is 2.47. The molecule has 1 aromatic heterocycles. The van der Waals surface area contributed by atoms with E-state index in [1.54, 1.807) is 0 Å². The van der Waals surface area contributed by atoms with Gasteiger partial charge in [0.2, 0.25) is 0 Å². The lowest BCUT2D eigenvalue weighted by atomic mass is 9.96. The van der Waals surface area contributed by atoms with E-state index in [2.05, 4.69) is 16.4 Å². The van der Waals surface area contributed by atoms with Crippen molar-refractivity contribution >= 4 is 17.3 Å². The third-order valence-electron chi connectivity index (χ3n) is 3.49. The lowest BCUT2D eigenvalue weighted by Gasteiger charge is -2.22. The zero-order chi connectivity index (χ0) is 12.1. The number of hydrogen-bond donors (Lipinski definition) is 1. The van der Waals surface area contributed by atoms with Gasteiger partial charge in [0, 0.05) is 6.04 Å². The summed E-state index contributed by atoms with van der Waals surface area (Å²) in [6, 6.07) is 2.70. The summed E-state index contributed by atoms with van der Waals surface area (Å²) in [6.07, 6.45) is 11.3. The molecule has 1 N–H and O–H groups in total. The number of hydrogen-bond acceptors (Lipinski definition) is 2. The normalized spacial score (nSPS) is 18.5. The summed E-state index contributed by atoms with van der Waals surface area (Å²) in [5.74, 6) is 0. The summed E-state index contributed by atoms with van der Waals surface area (Å²) in [7, 11) is 0. The Hall–Kier alpha value is -0.760. The highest BCUT2D eigenvalue weighted by Gasteiger charge is 2.11. The molecule has 2 rings (SSSR count). The van der Waals surface area contributed by atoms with Gasteiger partial charge in [-0.1, -0.05) is 43.7 Å². The van der Waals surface area contributed by atoms with Gasteiger partial charge in [-0.15, -0.1) is 0 Å². The number of nitrogens with zero attached hydrogens (tertiary/aromatic N) is 1. The molecule has 1 aliphatic rings. The van der Waals surface area contributed by atoms with E-state index in [1.165, 1.54) is 44.9 Å². The lowest BCUT2D eigenvalue weighted by Crippen LogP contribution is -2.20. The molecular weight excluding hydrogens is 232 g/mol. The summed E-state index contributed by atoms with van der Waals surface area (Å²) in [6.45, 7) is 2.00. The van der Waals surface area contributed by atoms with Crippen LogP contribution >= 0.6 is 11.6 Å². The van der Waals surface area contributed by atoms with Gasteiger partial charge in [0.1, 0.15) is 5.15 Å². The largest absolute Gasteiger partial charge is 0.381 e. The second-order valence-electron chi connectivity index (χ2n) is 5.02. The van der Waals surface area contributed by atoms with Gasteiger partial charge in [-0.25, -0.2) is 4.98 Å². The van der Waals surface area contributed by atoms with Gasteiger partial charge in [0.15, 0.2) is 0 Å². The molecule has 0 spiro atoms. The molecule has 3 heteroatoms. The van der Waals surface area contributed by atoms with Crippen molar-refractivity contribution in [1.82, 2.24) is 4.98 Å². The van der Waals surface area contributed by atoms with E-state index in [9.17, 15) is 0 Å². The molecule has 0 saturated heterocycles. The van der Waals surface area contributed by atoms with Crippen LogP contribution in [0.5, 0.6) is 0 Å². The fraction of sp³-hybridized carbons (Fsp3) is 0.643. The highest BCUT2D eigenvalue weighted by atomic mass is 35.5. The van der Waals surface area contributed by atoms with Gasteiger partial charge >= 0.3 is 0 Å². The Morgan fingerprint density at radius 2 is 1.82 bits per heavy atom. The Balaban J connectivity index is 1.95. The highest BCUT2D eigenvalue weighted by Crippen LogP contribution is 2.22. The van der Waals surface area contributed by atoms with E-state index < -0.39 is 0 Å². The van der Waals surface area contributed by atoms with Crippen molar-refractivity contribution in [1.29, 1.82) is 0 Å². The van der Waals surface area contributed by atoms with Gasteiger partial charge in [0.25, 0.3) is 0 Å². The molecule has 1 heterocycles. The van der Waals surface area contributed by atoms with Crippen LogP contribution in [0.2, 0.25) is 5.15 Å². The van der Waals surface area contributed by atoms with Crippen molar-refractivity contribution in [2.75, 3.05) is 5.32 Å². The second kappa shape index (κ2) is 6.25. The molecule has 0 bridgehead atoms. The Bertz CT molecular complexity index is 357. The maximum atomic E-state index is 5.93. The molecule has 1 aliphatic carbocycles. The molecule has 1 aromatic rings. The topological polar surface area (TPSA) is 24.9 Å². The van der Waals surface area contributed by atoms with Crippen molar-refractivity contribution in [3.05, 3.63) is 23.0 Å². The Morgan fingerprint density at radius 3 is 2.47 bits per heavy atom. The van der Waals surface area contributed by atoms with Gasteiger partial charge < -0.3 is 5.32 Å². The predicted molar refractivity (Wildman–Crippen MR) is 73.7 cm³/mol. The van der Waals surface area contributed by atoms with Crippen LogP contribution in [0.1, 0.15) is 50.5 Å². The zero-order valence-corrected chi connectivity index (χ0v) is 11.3. The van der Waals surface area contributed by atoms with E-state index in [0.29, 0.717) is 11.2 Å². The number of rotatable bonds is 2. The summed E-state index contributed by atoms with van der Waals surface area (Å²) < 4.78 is 0. The number of nitrogens with one attached hydrogen (secondary N) is 1. The average molecular weight is 253 g/mol. The van der Waals surface area contributed by atoms with E-state index in [1.807, 2.05) is 13.1 Å². The first-order valence-electron chi connectivity index (χ1n) is 6.64. The van der Waals surface area contributed by atoms with Crippen LogP contribution in [0.15, 0.2) is 12.3 Å². The van der Waals surface area contributed by atoms with Crippen LogP contribution < -0.4 is 5.32 Å². The summed E-state index contributed by atoms with van der Waals surface area (Å²) in [5.41, 5.74) is 2.15. The smallest absolute Gasteiger partial charge is 0.132 e. The average Bonchev–Trinajstić information content (AvgIpc) is 2.27. The van der Waals surface area contributed by atoms with E-state index in [0.717, 1.165) is 11.3 Å². The summed E-state index contributed by atoms with van der Waals surface area (Å²) in [5, 5.41) is 4.20. The molecule has 1 fully saturated rings. The van der Waals surface area contributed by atoms with E-state index in [-0.39, 0.29) is 0 Å². The van der Waals surface area contributed by atoms with Gasteiger partial charge in [-0.3, -0.25) is 0 Å². The van der Waals surface area contributed by atoms with Gasteiger partial charge in [-0.05, 0) is 31.4 Å². The van der Waals surface area contributed by atoms with Crippen molar-refractivity contribution in [3.63, 3.8) is 0 Å². The van der Waals surface area contributed by atoms with Crippen molar-refractivity contribution in [2.45, 2.75) is 57.9 Å². The molecule has 0 amide bonds. The third-order valence-corrected chi connectivity index (χ3v) is 3.89. The minimum absolute atomic E-state index is 0.605. The number of aromatic nitrogens is 1. The SMILES string of the molecule is Cc1cc(NC2CCCCCCC2)cnc1Cl. The second-order valence-corrected chi connectivity index (χ2v) is 5.38. The van der Waals surface area contributed by atoms with Crippen molar-refractivity contribution in [2.24, 2.45) is 0 Å². The number of halogens is 1. The molecule has 94 valence electrons. The Morgan fingerprint density at radius 1 is 1.18 bits per heavy atom. The maximum Gasteiger partial charge on any atom is 0.132 e. The Labute approximate surface area is 109 Å². The monoisotopic (exact) mass is 252 g/mol. The predicted octanol–water partition coefficient (Wildman–Crippen LogP) is 4.57. The zero-order valence-electron chi connectivity index (χ0n) is 10.5. The van der Waals surface area contributed by atoms with Crippen molar-refractivity contribution in [3.8, 4) is 0 Å². The first-order chi connectivity index (χ1) is 8.25. The number of anilines is 1. The minimum Gasteiger partial charge on any atom is -0.381 e. The Kier molecular flexibility index (Phi) is 4.66. The molecule has 0 aromatic carbocycles. The fourth-order valence-corrected chi connectivity index (χ4v) is 2.58. The van der Waals surface area contributed by atoms with Gasteiger partial charge in [0.05, 0.1) is 11.9 Å². The molecule has 0 aliphatic heterocycles. The molecule has 0 atom stereocenters. The lowest BCUT2D eigenvalue weighted by molar-refractivity contribution is 0.471. The standard InChI is InChI=1S/C14H21ClN2/c1-11-9-13(10-16-14(11)15)17-12-7-5-3-2-4-6-8-12/h9-10,12,17H,2-8H2,1H3. The minimum atomic E-state index is 0.605. The third kappa shape index (κ3) is 3.88. The highest BCUT2D eigenvalue weighted by molar-refractivity contribution is 6.30. The van der Waals surface area contributed by atoms with Crippen molar-refractivity contribution < 1.29 is 0 Å². The maximum absolute atomic E-state index is 5.93. The number of pyridine rings is 1. The molecule has 1 saturated carbocycles. The van der Waals surface area contributed by atoms with E-state index >= 15 is 0 Å². The van der Waals surface area contributed by atoms with Crippen LogP contribution in [-0.2, 0) is 0 Å². The molecule has 0 radical (unpaired) electrons.